The number of nitrogens with zero attached hydrogens (tertiary/aromatic N) is 4. The number of hydrogen-bond donors (Lipinski definition) is 1. The van der Waals surface area contributed by atoms with Crippen molar-refractivity contribution in [2.45, 2.75) is 38.1 Å². The lowest BCUT2D eigenvalue weighted by Gasteiger charge is -2.33. The number of benzene rings is 1. The van der Waals surface area contributed by atoms with Gasteiger partial charge in [-0.05, 0) is 38.4 Å². The molecule has 1 N–H and O–H groups in total. The Morgan fingerprint density at radius 2 is 2.19 bits per heavy atom. The zero-order valence-corrected chi connectivity index (χ0v) is 18.2. The summed E-state index contributed by atoms with van der Waals surface area (Å²) in [7, 11) is 4.01. The number of nitrogens with one attached hydrogen (secondary N) is 1. The molecule has 1 saturated heterocycles. The number of rotatable bonds is 6. The Balaban J connectivity index is 1.39. The smallest absolute Gasteiger partial charge is 0.226 e. The molecule has 31 heavy (non-hydrogen) atoms. The Morgan fingerprint density at radius 3 is 3.00 bits per heavy atom. The summed E-state index contributed by atoms with van der Waals surface area (Å²) in [5, 5.41) is 3.24. The van der Waals surface area contributed by atoms with Gasteiger partial charge in [0.1, 0.15) is 23.2 Å². The summed E-state index contributed by atoms with van der Waals surface area (Å²) in [6.07, 6.45) is 3.11. The van der Waals surface area contributed by atoms with Crippen molar-refractivity contribution in [2.24, 2.45) is 0 Å². The van der Waals surface area contributed by atoms with Crippen LogP contribution in [0.25, 0.3) is 0 Å². The van der Waals surface area contributed by atoms with E-state index in [1.165, 1.54) is 17.7 Å². The maximum atomic E-state index is 13.3. The zero-order valence-electron chi connectivity index (χ0n) is 18.2. The van der Waals surface area contributed by atoms with E-state index in [2.05, 4.69) is 17.3 Å². The van der Waals surface area contributed by atoms with Gasteiger partial charge < -0.3 is 19.9 Å². The molecule has 7 nitrogen and oxygen atoms in total. The first-order valence-corrected chi connectivity index (χ1v) is 11.0. The minimum Gasteiger partial charge on any atom is -0.493 e. The summed E-state index contributed by atoms with van der Waals surface area (Å²) in [5.74, 6) is 2.02. The van der Waals surface area contributed by atoms with Crippen LogP contribution in [0.3, 0.4) is 0 Å². The fraction of sp³-hybridized carbons (Fsp3) is 0.522. The van der Waals surface area contributed by atoms with Crippen LogP contribution in [0, 0.1) is 5.82 Å². The molecular weight excluding hydrogens is 397 g/mol. The van der Waals surface area contributed by atoms with Crippen molar-refractivity contribution in [1.82, 2.24) is 19.8 Å². The number of ether oxygens (including phenoxy) is 1. The van der Waals surface area contributed by atoms with Crippen LogP contribution >= 0.6 is 0 Å². The van der Waals surface area contributed by atoms with Crippen molar-refractivity contribution in [2.75, 3.05) is 45.7 Å². The maximum Gasteiger partial charge on any atom is 0.226 e. The van der Waals surface area contributed by atoms with Gasteiger partial charge in [-0.15, -0.1) is 0 Å². The lowest BCUT2D eigenvalue weighted by Crippen LogP contribution is -2.40. The second kappa shape index (κ2) is 9.60. The van der Waals surface area contributed by atoms with Crippen molar-refractivity contribution >= 4 is 11.7 Å². The standard InChI is InChI=1S/C23H30FN5O2/c1-25-23-19-8-11-28(2)15-20(19)26-22(27-23)16-5-4-10-29(14-16)21(30)9-12-31-18-7-3-6-17(24)13-18/h3,6-7,13,16H,4-5,8-12,14-15H2,1-2H3,(H,25,26,27)/t16-/m1/s1. The van der Waals surface area contributed by atoms with Gasteiger partial charge in [-0.3, -0.25) is 4.79 Å². The largest absolute Gasteiger partial charge is 0.493 e. The van der Waals surface area contributed by atoms with Crippen LogP contribution in [-0.2, 0) is 17.8 Å². The Kier molecular flexibility index (Phi) is 6.65. The molecule has 1 amide bonds. The van der Waals surface area contributed by atoms with E-state index < -0.39 is 0 Å². The molecule has 4 rings (SSSR count). The first-order chi connectivity index (χ1) is 15.0. The molecule has 1 aromatic heterocycles. The predicted octanol–water partition coefficient (Wildman–Crippen LogP) is 2.82. The van der Waals surface area contributed by atoms with Crippen LogP contribution in [-0.4, -0.2) is 66.0 Å². The topological polar surface area (TPSA) is 70.6 Å². The molecule has 0 saturated carbocycles. The first-order valence-electron chi connectivity index (χ1n) is 11.0. The zero-order chi connectivity index (χ0) is 21.8. The minimum atomic E-state index is -0.347. The number of hydrogen-bond acceptors (Lipinski definition) is 6. The number of halogens is 1. The number of fused-ring (bicyclic) bond motifs is 1. The third-order valence-electron chi connectivity index (χ3n) is 6.03. The molecule has 1 aromatic carbocycles. The average Bonchev–Trinajstić information content (AvgIpc) is 2.78. The molecule has 2 aromatic rings. The van der Waals surface area contributed by atoms with Crippen LogP contribution in [0.5, 0.6) is 5.75 Å². The molecule has 1 fully saturated rings. The fourth-order valence-electron chi connectivity index (χ4n) is 4.36. The van der Waals surface area contributed by atoms with E-state index in [0.717, 1.165) is 56.2 Å². The lowest BCUT2D eigenvalue weighted by molar-refractivity contribution is -0.133. The van der Waals surface area contributed by atoms with E-state index in [9.17, 15) is 9.18 Å². The van der Waals surface area contributed by atoms with Crippen LogP contribution in [0.1, 0.15) is 42.3 Å². The monoisotopic (exact) mass is 427 g/mol. The number of likely N-dealkylation sites (N-methyl/N-ethyl adjacent to an activating group) is 1. The Labute approximate surface area is 182 Å². The van der Waals surface area contributed by atoms with Crippen molar-refractivity contribution < 1.29 is 13.9 Å². The first kappa shape index (κ1) is 21.5. The highest BCUT2D eigenvalue weighted by Crippen LogP contribution is 2.29. The Hall–Kier alpha value is -2.74. The van der Waals surface area contributed by atoms with E-state index in [1.807, 2.05) is 11.9 Å². The van der Waals surface area contributed by atoms with E-state index in [0.29, 0.717) is 12.3 Å². The van der Waals surface area contributed by atoms with Crippen LogP contribution in [0.15, 0.2) is 24.3 Å². The van der Waals surface area contributed by atoms with Gasteiger partial charge in [0.05, 0.1) is 18.7 Å². The number of likely N-dealkylation sites (tertiary alicyclic amines) is 1. The SMILES string of the molecule is CNc1nc([C@@H]2CCCN(C(=O)CCOc3cccc(F)c3)C2)nc2c1CCN(C)C2. The Morgan fingerprint density at radius 1 is 1.32 bits per heavy atom. The van der Waals surface area contributed by atoms with Gasteiger partial charge in [-0.1, -0.05) is 6.07 Å². The van der Waals surface area contributed by atoms with E-state index in [1.54, 1.807) is 12.1 Å². The number of carbonyl (C=O) groups excluding carboxylic acids is 1. The van der Waals surface area contributed by atoms with Gasteiger partial charge in [0.25, 0.3) is 0 Å². The molecule has 0 aliphatic carbocycles. The average molecular weight is 428 g/mol. The fourth-order valence-corrected chi connectivity index (χ4v) is 4.36. The third kappa shape index (κ3) is 5.12. The summed E-state index contributed by atoms with van der Waals surface area (Å²) in [5.41, 5.74) is 2.30. The third-order valence-corrected chi connectivity index (χ3v) is 6.03. The molecule has 166 valence electrons. The number of anilines is 1. The van der Waals surface area contributed by atoms with Gasteiger partial charge in [0, 0.05) is 50.8 Å². The van der Waals surface area contributed by atoms with E-state index in [4.69, 9.17) is 14.7 Å². The quantitative estimate of drug-likeness (QED) is 0.765. The van der Waals surface area contributed by atoms with Gasteiger partial charge >= 0.3 is 0 Å². The molecule has 2 aliphatic heterocycles. The minimum absolute atomic E-state index is 0.0487. The number of aromatic nitrogens is 2. The highest BCUT2D eigenvalue weighted by Gasteiger charge is 2.29. The Bertz CT molecular complexity index is 938. The van der Waals surface area contributed by atoms with Crippen molar-refractivity contribution in [3.05, 3.63) is 47.2 Å². The predicted molar refractivity (Wildman–Crippen MR) is 117 cm³/mol. The van der Waals surface area contributed by atoms with Crippen molar-refractivity contribution in [1.29, 1.82) is 0 Å². The van der Waals surface area contributed by atoms with E-state index >= 15 is 0 Å². The van der Waals surface area contributed by atoms with Crippen LogP contribution < -0.4 is 10.1 Å². The van der Waals surface area contributed by atoms with Crippen LogP contribution in [0.4, 0.5) is 10.2 Å². The molecule has 0 unspecified atom stereocenters. The molecule has 8 heteroatoms. The molecule has 0 spiro atoms. The van der Waals surface area contributed by atoms with Gasteiger partial charge in [0.2, 0.25) is 5.91 Å². The summed E-state index contributed by atoms with van der Waals surface area (Å²) in [4.78, 5) is 26.6. The lowest BCUT2D eigenvalue weighted by atomic mass is 9.96. The summed E-state index contributed by atoms with van der Waals surface area (Å²) in [6.45, 7) is 3.42. The highest BCUT2D eigenvalue weighted by molar-refractivity contribution is 5.76. The van der Waals surface area contributed by atoms with E-state index in [-0.39, 0.29) is 30.7 Å². The maximum absolute atomic E-state index is 13.3. The molecular formula is C23H30FN5O2. The highest BCUT2D eigenvalue weighted by atomic mass is 19.1. The molecule has 0 bridgehead atoms. The molecule has 3 heterocycles. The second-order valence-corrected chi connectivity index (χ2v) is 8.33. The number of carbonyl (C=O) groups is 1. The molecule has 1 atom stereocenters. The van der Waals surface area contributed by atoms with Gasteiger partial charge in [-0.25, -0.2) is 14.4 Å². The second-order valence-electron chi connectivity index (χ2n) is 8.33. The number of amides is 1. The van der Waals surface area contributed by atoms with Crippen molar-refractivity contribution in [3.8, 4) is 5.75 Å². The van der Waals surface area contributed by atoms with Gasteiger partial charge in [0.15, 0.2) is 0 Å². The van der Waals surface area contributed by atoms with Crippen molar-refractivity contribution in [3.63, 3.8) is 0 Å². The summed E-state index contributed by atoms with van der Waals surface area (Å²) < 4.78 is 18.8. The molecule has 2 aliphatic rings. The van der Waals surface area contributed by atoms with Gasteiger partial charge in [-0.2, -0.15) is 0 Å². The normalized spacial score (nSPS) is 19.1. The summed E-state index contributed by atoms with van der Waals surface area (Å²) in [6, 6.07) is 5.98. The number of piperidine rings is 1. The summed E-state index contributed by atoms with van der Waals surface area (Å²) >= 11 is 0. The van der Waals surface area contributed by atoms with Crippen LogP contribution in [0.2, 0.25) is 0 Å². The molecule has 0 radical (unpaired) electrons.